The Morgan fingerprint density at radius 2 is 1.95 bits per heavy atom. The van der Waals surface area contributed by atoms with Crippen molar-refractivity contribution in [3.63, 3.8) is 0 Å². The standard InChI is InChI=1S/C17H27NO/c1-4-15-7-9-18(10-8-15)12-17(19)16-6-5-13(2)11-14(16)3/h5-6,11,15,17,19H,4,7-10,12H2,1-3H3. The maximum absolute atomic E-state index is 10.4. The van der Waals surface area contributed by atoms with Gasteiger partial charge in [-0.15, -0.1) is 0 Å². The number of aliphatic hydroxyl groups excluding tert-OH is 1. The predicted octanol–water partition coefficient (Wildman–Crippen LogP) is 3.46. The van der Waals surface area contributed by atoms with Crippen LogP contribution in [0, 0.1) is 19.8 Å². The van der Waals surface area contributed by atoms with Crippen LogP contribution < -0.4 is 0 Å². The van der Waals surface area contributed by atoms with E-state index < -0.39 is 0 Å². The fourth-order valence-corrected chi connectivity index (χ4v) is 3.12. The van der Waals surface area contributed by atoms with Crippen LogP contribution in [-0.2, 0) is 0 Å². The number of benzene rings is 1. The molecule has 0 saturated carbocycles. The maximum Gasteiger partial charge on any atom is 0.0919 e. The summed E-state index contributed by atoms with van der Waals surface area (Å²) in [5, 5.41) is 10.4. The SMILES string of the molecule is CCC1CCN(CC(O)c2ccc(C)cc2C)CC1. The van der Waals surface area contributed by atoms with Crippen LogP contribution in [0.2, 0.25) is 0 Å². The lowest BCUT2D eigenvalue weighted by atomic mass is 9.93. The molecular formula is C17H27NO. The lowest BCUT2D eigenvalue weighted by Crippen LogP contribution is -2.36. The number of hydrogen-bond donors (Lipinski definition) is 1. The molecule has 19 heavy (non-hydrogen) atoms. The van der Waals surface area contributed by atoms with E-state index in [0.717, 1.165) is 31.1 Å². The summed E-state index contributed by atoms with van der Waals surface area (Å²) in [7, 11) is 0. The highest BCUT2D eigenvalue weighted by atomic mass is 16.3. The van der Waals surface area contributed by atoms with E-state index in [1.807, 2.05) is 0 Å². The first-order valence-corrected chi connectivity index (χ1v) is 7.57. The van der Waals surface area contributed by atoms with Gasteiger partial charge in [-0.1, -0.05) is 37.1 Å². The zero-order chi connectivity index (χ0) is 13.8. The minimum atomic E-state index is -0.348. The van der Waals surface area contributed by atoms with Crippen molar-refractivity contribution in [2.24, 2.45) is 5.92 Å². The lowest BCUT2D eigenvalue weighted by molar-refractivity contribution is 0.0884. The minimum Gasteiger partial charge on any atom is -0.387 e. The van der Waals surface area contributed by atoms with E-state index in [9.17, 15) is 5.11 Å². The summed E-state index contributed by atoms with van der Waals surface area (Å²) < 4.78 is 0. The number of piperidine rings is 1. The minimum absolute atomic E-state index is 0.348. The molecule has 1 atom stereocenters. The molecule has 106 valence electrons. The fraction of sp³-hybridized carbons (Fsp3) is 0.647. The molecule has 1 fully saturated rings. The van der Waals surface area contributed by atoms with Gasteiger partial charge in [0.2, 0.25) is 0 Å². The Hall–Kier alpha value is -0.860. The Balaban J connectivity index is 1.92. The first kappa shape index (κ1) is 14.5. The summed E-state index contributed by atoms with van der Waals surface area (Å²) in [5.74, 6) is 0.898. The van der Waals surface area contributed by atoms with Gasteiger partial charge in [0.25, 0.3) is 0 Å². The van der Waals surface area contributed by atoms with Crippen molar-refractivity contribution in [3.05, 3.63) is 34.9 Å². The van der Waals surface area contributed by atoms with Gasteiger partial charge in [-0.25, -0.2) is 0 Å². The molecule has 1 saturated heterocycles. The molecule has 0 amide bonds. The van der Waals surface area contributed by atoms with Crippen LogP contribution in [0.4, 0.5) is 0 Å². The second-order valence-corrected chi connectivity index (χ2v) is 6.03. The van der Waals surface area contributed by atoms with Crippen LogP contribution in [0.5, 0.6) is 0 Å². The van der Waals surface area contributed by atoms with E-state index in [4.69, 9.17) is 0 Å². The molecule has 1 aliphatic heterocycles. The molecule has 1 aliphatic rings. The first-order valence-electron chi connectivity index (χ1n) is 7.57. The van der Waals surface area contributed by atoms with Crippen molar-refractivity contribution in [2.45, 2.75) is 46.1 Å². The molecule has 0 spiro atoms. The topological polar surface area (TPSA) is 23.5 Å². The molecule has 0 aliphatic carbocycles. The second-order valence-electron chi connectivity index (χ2n) is 6.03. The molecule has 1 unspecified atom stereocenters. The summed E-state index contributed by atoms with van der Waals surface area (Å²) >= 11 is 0. The van der Waals surface area contributed by atoms with Crippen molar-refractivity contribution < 1.29 is 5.11 Å². The molecule has 1 N–H and O–H groups in total. The van der Waals surface area contributed by atoms with Crippen LogP contribution in [0.15, 0.2) is 18.2 Å². The highest BCUT2D eigenvalue weighted by Crippen LogP contribution is 2.24. The highest BCUT2D eigenvalue weighted by Gasteiger charge is 2.21. The quantitative estimate of drug-likeness (QED) is 0.897. The normalized spacial score (nSPS) is 19.6. The Morgan fingerprint density at radius 1 is 1.26 bits per heavy atom. The molecule has 1 aromatic rings. The van der Waals surface area contributed by atoms with E-state index in [2.05, 4.69) is 43.9 Å². The number of rotatable bonds is 4. The monoisotopic (exact) mass is 261 g/mol. The van der Waals surface area contributed by atoms with Gasteiger partial charge in [-0.2, -0.15) is 0 Å². The van der Waals surface area contributed by atoms with Crippen molar-refractivity contribution in [3.8, 4) is 0 Å². The number of hydrogen-bond acceptors (Lipinski definition) is 2. The van der Waals surface area contributed by atoms with Gasteiger partial charge in [-0.3, -0.25) is 0 Å². The van der Waals surface area contributed by atoms with Crippen LogP contribution in [0.25, 0.3) is 0 Å². The van der Waals surface area contributed by atoms with Gasteiger partial charge in [0, 0.05) is 6.54 Å². The molecular weight excluding hydrogens is 234 g/mol. The summed E-state index contributed by atoms with van der Waals surface area (Å²) in [4.78, 5) is 2.41. The zero-order valence-electron chi connectivity index (χ0n) is 12.5. The number of aryl methyl sites for hydroxylation is 2. The number of nitrogens with zero attached hydrogens (tertiary/aromatic N) is 1. The summed E-state index contributed by atoms with van der Waals surface area (Å²) in [6.45, 7) is 9.53. The summed E-state index contributed by atoms with van der Waals surface area (Å²) in [6.07, 6.45) is 3.53. The lowest BCUT2D eigenvalue weighted by Gasteiger charge is -2.33. The van der Waals surface area contributed by atoms with E-state index in [1.54, 1.807) is 0 Å². The first-order chi connectivity index (χ1) is 9.10. The Labute approximate surface area is 117 Å². The van der Waals surface area contributed by atoms with E-state index in [0.29, 0.717) is 0 Å². The molecule has 0 bridgehead atoms. The van der Waals surface area contributed by atoms with E-state index >= 15 is 0 Å². The highest BCUT2D eigenvalue weighted by molar-refractivity contribution is 5.32. The third kappa shape index (κ3) is 3.80. The number of β-amino-alcohol motifs (C(OH)–C–C–N with tert-alkyl or cyclic N) is 1. The smallest absolute Gasteiger partial charge is 0.0919 e. The van der Waals surface area contributed by atoms with Gasteiger partial charge < -0.3 is 10.0 Å². The average Bonchev–Trinajstić information content (AvgIpc) is 2.39. The number of aliphatic hydroxyl groups is 1. The Morgan fingerprint density at radius 3 is 2.53 bits per heavy atom. The third-order valence-corrected chi connectivity index (χ3v) is 4.50. The van der Waals surface area contributed by atoms with Crippen molar-refractivity contribution in [1.82, 2.24) is 4.90 Å². The fourth-order valence-electron chi connectivity index (χ4n) is 3.12. The van der Waals surface area contributed by atoms with E-state index in [-0.39, 0.29) is 6.10 Å². The van der Waals surface area contributed by atoms with Gasteiger partial charge in [0.05, 0.1) is 6.10 Å². The maximum atomic E-state index is 10.4. The summed E-state index contributed by atoms with van der Waals surface area (Å²) in [6, 6.07) is 6.32. The Kier molecular flexibility index (Phi) is 5.00. The van der Waals surface area contributed by atoms with Crippen LogP contribution in [-0.4, -0.2) is 29.6 Å². The van der Waals surface area contributed by atoms with Crippen molar-refractivity contribution >= 4 is 0 Å². The molecule has 2 heteroatoms. The summed E-state index contributed by atoms with van der Waals surface area (Å²) in [5.41, 5.74) is 3.55. The van der Waals surface area contributed by atoms with Gasteiger partial charge >= 0.3 is 0 Å². The average molecular weight is 261 g/mol. The van der Waals surface area contributed by atoms with Gasteiger partial charge in [0.15, 0.2) is 0 Å². The third-order valence-electron chi connectivity index (χ3n) is 4.50. The predicted molar refractivity (Wildman–Crippen MR) is 80.3 cm³/mol. The Bertz CT molecular complexity index is 408. The largest absolute Gasteiger partial charge is 0.387 e. The van der Waals surface area contributed by atoms with Gasteiger partial charge in [0.1, 0.15) is 0 Å². The molecule has 2 nitrogen and oxygen atoms in total. The molecule has 1 aromatic carbocycles. The zero-order valence-corrected chi connectivity index (χ0v) is 12.5. The molecule has 0 radical (unpaired) electrons. The molecule has 2 rings (SSSR count). The van der Waals surface area contributed by atoms with Crippen LogP contribution in [0.3, 0.4) is 0 Å². The van der Waals surface area contributed by atoms with E-state index in [1.165, 1.54) is 30.4 Å². The van der Waals surface area contributed by atoms with Gasteiger partial charge in [-0.05, 0) is 56.8 Å². The molecule has 1 heterocycles. The van der Waals surface area contributed by atoms with Crippen LogP contribution >= 0.6 is 0 Å². The number of likely N-dealkylation sites (tertiary alicyclic amines) is 1. The van der Waals surface area contributed by atoms with Crippen molar-refractivity contribution in [1.29, 1.82) is 0 Å². The second kappa shape index (κ2) is 6.53. The molecule has 0 aromatic heterocycles. The van der Waals surface area contributed by atoms with Crippen molar-refractivity contribution in [2.75, 3.05) is 19.6 Å². The van der Waals surface area contributed by atoms with Crippen LogP contribution in [0.1, 0.15) is 49.0 Å².